The van der Waals surface area contributed by atoms with Gasteiger partial charge in [0.2, 0.25) is 11.8 Å². The van der Waals surface area contributed by atoms with Gasteiger partial charge in [0.05, 0.1) is 6.61 Å². The summed E-state index contributed by atoms with van der Waals surface area (Å²) in [7, 11) is 0. The van der Waals surface area contributed by atoms with Crippen LogP contribution in [0.3, 0.4) is 0 Å². The van der Waals surface area contributed by atoms with Crippen molar-refractivity contribution in [3.05, 3.63) is 52.7 Å². The number of esters is 1. The van der Waals surface area contributed by atoms with Gasteiger partial charge in [-0.2, -0.15) is 0 Å². The van der Waals surface area contributed by atoms with Crippen LogP contribution in [-0.4, -0.2) is 51.0 Å². The molecule has 0 aromatic carbocycles. The van der Waals surface area contributed by atoms with Gasteiger partial charge in [-0.15, -0.1) is 12.3 Å². The van der Waals surface area contributed by atoms with Crippen molar-refractivity contribution >= 4 is 54.0 Å². The predicted molar refractivity (Wildman–Crippen MR) is 149 cm³/mol. The first-order valence-electron chi connectivity index (χ1n) is 12.0. The number of amides is 3. The Labute approximate surface area is 230 Å². The van der Waals surface area contributed by atoms with Crippen LogP contribution >= 0.6 is 21.1 Å². The Morgan fingerprint density at radius 2 is 2.18 bits per heavy atom. The van der Waals surface area contributed by atoms with E-state index in [1.54, 1.807) is 19.9 Å². The first kappa shape index (κ1) is 28.8. The van der Waals surface area contributed by atoms with Crippen molar-refractivity contribution < 1.29 is 27.0 Å². The van der Waals surface area contributed by atoms with Gasteiger partial charge in [0.15, 0.2) is 0 Å². The molecule has 11 nitrogen and oxygen atoms in total. The lowest BCUT2D eigenvalue weighted by atomic mass is 9.97. The Morgan fingerprint density at radius 1 is 1.39 bits per heavy atom. The molecule has 0 aliphatic carbocycles. The summed E-state index contributed by atoms with van der Waals surface area (Å²) in [6.07, 6.45) is 12.0. The molecule has 38 heavy (non-hydrogen) atoms. The molecule has 3 unspecified atom stereocenters. The van der Waals surface area contributed by atoms with E-state index in [-0.39, 0.29) is 37.0 Å². The maximum absolute atomic E-state index is 13.4. The van der Waals surface area contributed by atoms with Crippen LogP contribution in [0, 0.1) is 18.3 Å². The lowest BCUT2D eigenvalue weighted by Gasteiger charge is -2.23. The SMILES string of the molecule is C#CCC(C(=O)NC(/C=C/C(=O)OCC)CC1CCNC1=O)n1cccc(NC(=O)C2=IOC(C)=C2)c1=O. The average molecular weight is 636 g/mol. The highest BCUT2D eigenvalue weighted by molar-refractivity contribution is 14.2. The molecule has 3 N–H and O–H groups in total. The van der Waals surface area contributed by atoms with Crippen molar-refractivity contribution in [2.45, 2.75) is 45.2 Å². The van der Waals surface area contributed by atoms with Crippen molar-refractivity contribution in [3.8, 4) is 12.3 Å². The van der Waals surface area contributed by atoms with E-state index in [9.17, 15) is 24.0 Å². The molecule has 1 fully saturated rings. The summed E-state index contributed by atoms with van der Waals surface area (Å²) in [6.45, 7) is 4.13. The van der Waals surface area contributed by atoms with Gasteiger partial charge in [-0.05, 0) is 44.9 Å². The number of pyridine rings is 1. The number of hydrogen-bond acceptors (Lipinski definition) is 7. The van der Waals surface area contributed by atoms with E-state index in [0.717, 1.165) is 4.57 Å². The van der Waals surface area contributed by atoms with Gasteiger partial charge in [0.25, 0.3) is 11.5 Å². The minimum Gasteiger partial charge on any atom is -0.463 e. The summed E-state index contributed by atoms with van der Waals surface area (Å²) in [5.74, 6) is 0.972. The molecule has 0 bridgehead atoms. The Bertz CT molecular complexity index is 1290. The minimum absolute atomic E-state index is 0.0110. The monoisotopic (exact) mass is 636 g/mol. The molecule has 3 rings (SSSR count). The number of rotatable bonds is 11. The highest BCUT2D eigenvalue weighted by atomic mass is 127. The summed E-state index contributed by atoms with van der Waals surface area (Å²) in [5, 5.41) is 8.14. The van der Waals surface area contributed by atoms with Crippen molar-refractivity contribution in [1.29, 1.82) is 0 Å². The zero-order valence-corrected chi connectivity index (χ0v) is 23.1. The number of halogens is 1. The molecule has 3 heterocycles. The van der Waals surface area contributed by atoms with Crippen LogP contribution in [-0.2, 0) is 27.0 Å². The standard InChI is InChI=1S/C26H29IN4O7/c1-4-7-21(31-13-6-8-20(26(31)36)30-24(34)19-14-16(3)38-27-19)25(35)29-18(9-10-22(32)37-5-2)15-17-11-12-28-23(17)33/h1,6,8-10,13-14,17-18,21H,5,7,11-12,15H2,2-3H3,(H,28,33)(H,29,35)(H,30,34)/b10-9+. The highest BCUT2D eigenvalue weighted by Gasteiger charge is 2.29. The van der Waals surface area contributed by atoms with Crippen LogP contribution in [0.25, 0.3) is 0 Å². The number of carbonyl (C=O) groups excluding carboxylic acids is 4. The highest BCUT2D eigenvalue weighted by Crippen LogP contribution is 2.21. The Kier molecular flexibility index (Phi) is 10.4. The van der Waals surface area contributed by atoms with Crippen LogP contribution < -0.4 is 21.5 Å². The third-order valence-electron chi connectivity index (χ3n) is 5.74. The summed E-state index contributed by atoms with van der Waals surface area (Å²) in [4.78, 5) is 63.2. The maximum Gasteiger partial charge on any atom is 0.330 e. The topological polar surface area (TPSA) is 145 Å². The van der Waals surface area contributed by atoms with E-state index in [1.807, 2.05) is 0 Å². The third kappa shape index (κ3) is 7.64. The largest absolute Gasteiger partial charge is 0.463 e. The van der Waals surface area contributed by atoms with Gasteiger partial charge in [-0.3, -0.25) is 19.2 Å². The van der Waals surface area contributed by atoms with E-state index in [2.05, 4.69) is 21.9 Å². The number of hydrogen-bond donors (Lipinski definition) is 3. The zero-order chi connectivity index (χ0) is 27.7. The van der Waals surface area contributed by atoms with Gasteiger partial charge in [-0.1, -0.05) is 6.08 Å². The van der Waals surface area contributed by atoms with Gasteiger partial charge in [0, 0.05) is 37.2 Å². The molecule has 3 amide bonds. The van der Waals surface area contributed by atoms with Crippen molar-refractivity contribution in [2.75, 3.05) is 18.5 Å². The fourth-order valence-electron chi connectivity index (χ4n) is 3.91. The van der Waals surface area contributed by atoms with Crippen LogP contribution in [0.1, 0.15) is 39.2 Å². The smallest absolute Gasteiger partial charge is 0.330 e. The number of ether oxygens (including phenoxy) is 1. The molecule has 202 valence electrons. The lowest BCUT2D eigenvalue weighted by Crippen LogP contribution is -2.43. The van der Waals surface area contributed by atoms with Crippen molar-refractivity contribution in [1.82, 2.24) is 15.2 Å². The van der Waals surface area contributed by atoms with E-state index in [4.69, 9.17) is 14.2 Å². The molecule has 2 aliphatic rings. The summed E-state index contributed by atoms with van der Waals surface area (Å²) >= 11 is -0.937. The number of carbonyl (C=O) groups is 4. The van der Waals surface area contributed by atoms with Gasteiger partial charge in [-0.25, -0.2) is 4.79 Å². The number of nitrogens with one attached hydrogen (secondary N) is 3. The van der Waals surface area contributed by atoms with E-state index in [1.165, 1.54) is 30.5 Å². The molecule has 12 heteroatoms. The molecular formula is C26H29IN4O7. The van der Waals surface area contributed by atoms with E-state index >= 15 is 0 Å². The first-order valence-corrected chi connectivity index (χ1v) is 14.0. The number of aromatic nitrogens is 1. The van der Waals surface area contributed by atoms with Crippen molar-refractivity contribution in [2.24, 2.45) is 5.92 Å². The van der Waals surface area contributed by atoms with Crippen LogP contribution in [0.4, 0.5) is 5.69 Å². The molecular weight excluding hydrogens is 607 g/mol. The Morgan fingerprint density at radius 3 is 2.82 bits per heavy atom. The minimum atomic E-state index is -1.10. The zero-order valence-electron chi connectivity index (χ0n) is 21.0. The van der Waals surface area contributed by atoms with Crippen LogP contribution in [0.2, 0.25) is 0 Å². The van der Waals surface area contributed by atoms with E-state index < -0.39 is 56.6 Å². The molecule has 2 aliphatic heterocycles. The van der Waals surface area contributed by atoms with Gasteiger partial charge < -0.3 is 28.3 Å². The number of allylic oxidation sites excluding steroid dienone is 1. The van der Waals surface area contributed by atoms with Crippen LogP contribution in [0.5, 0.6) is 0 Å². The summed E-state index contributed by atoms with van der Waals surface area (Å²) < 4.78 is 11.9. The number of terminal acetylenes is 1. The quantitative estimate of drug-likeness (QED) is 0.145. The Balaban J connectivity index is 1.82. The number of anilines is 1. The van der Waals surface area contributed by atoms with Gasteiger partial charge >= 0.3 is 5.97 Å². The summed E-state index contributed by atoms with van der Waals surface area (Å²) in [5.41, 5.74) is -0.619. The normalized spacial score (nSPS) is 18.1. The second-order valence-corrected chi connectivity index (χ2v) is 10.6. The molecule has 0 saturated carbocycles. The molecule has 3 atom stereocenters. The maximum atomic E-state index is 13.4. The molecule has 1 aromatic heterocycles. The van der Waals surface area contributed by atoms with Crippen molar-refractivity contribution in [3.63, 3.8) is 0 Å². The van der Waals surface area contributed by atoms with Gasteiger partial charge in [0.1, 0.15) is 42.1 Å². The lowest BCUT2D eigenvalue weighted by molar-refractivity contribution is -0.137. The third-order valence-corrected chi connectivity index (χ3v) is 7.93. The fourth-order valence-corrected chi connectivity index (χ4v) is 5.53. The second-order valence-electron chi connectivity index (χ2n) is 8.51. The molecule has 0 spiro atoms. The predicted octanol–water partition coefficient (Wildman–Crippen LogP) is 1.47. The molecule has 1 saturated heterocycles. The second kappa shape index (κ2) is 13.7. The first-order chi connectivity index (χ1) is 18.2. The van der Waals surface area contributed by atoms with Crippen LogP contribution in [0.15, 0.2) is 47.1 Å². The Hall–Kier alpha value is -3.73. The summed E-state index contributed by atoms with van der Waals surface area (Å²) in [6, 6.07) is 1.17. The molecule has 1 aromatic rings. The molecule has 0 radical (unpaired) electrons. The van der Waals surface area contributed by atoms with E-state index in [0.29, 0.717) is 22.2 Å². The number of nitrogens with zero attached hydrogens (tertiary/aromatic N) is 1. The fraction of sp³-hybridized carbons (Fsp3) is 0.385. The average Bonchev–Trinajstić information content (AvgIpc) is 3.50.